The van der Waals surface area contributed by atoms with Crippen LogP contribution in [0.25, 0.3) is 0 Å². The van der Waals surface area contributed by atoms with Crippen molar-refractivity contribution in [2.45, 2.75) is 46.1 Å². The number of aliphatic carboxylic acids is 1. The summed E-state index contributed by atoms with van der Waals surface area (Å²) in [5.74, 6) is -1.56. The molecule has 1 aliphatic heterocycles. The second kappa shape index (κ2) is 7.55. The predicted octanol–water partition coefficient (Wildman–Crippen LogP) is 3.28. The number of hydrogen-bond donors (Lipinski definition) is 1. The summed E-state index contributed by atoms with van der Waals surface area (Å²) < 4.78 is 1.72. The molecule has 1 amide bonds. The molecule has 0 saturated carbocycles. The summed E-state index contributed by atoms with van der Waals surface area (Å²) in [6.45, 7) is 9.26. The number of nitrogens with zero attached hydrogens (tertiary/aromatic N) is 3. The highest BCUT2D eigenvalue weighted by atomic mass is 16.4. The monoisotopic (exact) mass is 369 g/mol. The van der Waals surface area contributed by atoms with Crippen molar-refractivity contribution in [3.63, 3.8) is 0 Å². The normalized spacial score (nSPS) is 19.7. The van der Waals surface area contributed by atoms with Crippen molar-refractivity contribution in [3.05, 3.63) is 52.8 Å². The van der Waals surface area contributed by atoms with Gasteiger partial charge in [-0.05, 0) is 37.0 Å². The average Bonchev–Trinajstić information content (AvgIpc) is 3.26. The molecule has 1 fully saturated rings. The van der Waals surface area contributed by atoms with Crippen molar-refractivity contribution < 1.29 is 14.7 Å². The van der Waals surface area contributed by atoms with Crippen molar-refractivity contribution >= 4 is 11.9 Å². The van der Waals surface area contributed by atoms with Gasteiger partial charge in [-0.1, -0.05) is 38.1 Å². The molecule has 27 heavy (non-hydrogen) atoms. The van der Waals surface area contributed by atoms with Gasteiger partial charge in [0.05, 0.1) is 11.6 Å². The first-order chi connectivity index (χ1) is 12.8. The van der Waals surface area contributed by atoms with Gasteiger partial charge >= 0.3 is 5.97 Å². The Labute approximate surface area is 159 Å². The summed E-state index contributed by atoms with van der Waals surface area (Å²) in [4.78, 5) is 26.7. The molecule has 0 spiro atoms. The molecule has 1 aromatic carbocycles. The zero-order valence-electron chi connectivity index (χ0n) is 16.3. The minimum Gasteiger partial charge on any atom is -0.481 e. The fraction of sp³-hybridized carbons (Fsp3) is 0.476. The first-order valence-corrected chi connectivity index (χ1v) is 9.48. The number of amides is 1. The minimum atomic E-state index is -0.856. The van der Waals surface area contributed by atoms with Crippen molar-refractivity contribution in [2.75, 3.05) is 13.1 Å². The Bertz CT molecular complexity index is 856. The summed E-state index contributed by atoms with van der Waals surface area (Å²) >= 11 is 0. The fourth-order valence-corrected chi connectivity index (χ4v) is 3.83. The van der Waals surface area contributed by atoms with Crippen molar-refractivity contribution in [2.24, 2.45) is 5.92 Å². The van der Waals surface area contributed by atoms with Gasteiger partial charge < -0.3 is 10.0 Å². The Morgan fingerprint density at radius 2 is 1.96 bits per heavy atom. The van der Waals surface area contributed by atoms with E-state index in [4.69, 9.17) is 0 Å². The van der Waals surface area contributed by atoms with Gasteiger partial charge in [-0.15, -0.1) is 0 Å². The van der Waals surface area contributed by atoms with E-state index in [1.54, 1.807) is 9.58 Å². The van der Waals surface area contributed by atoms with E-state index in [1.807, 2.05) is 58.0 Å². The summed E-state index contributed by atoms with van der Waals surface area (Å²) in [5, 5.41) is 14.2. The fourth-order valence-electron chi connectivity index (χ4n) is 3.83. The minimum absolute atomic E-state index is 0.140. The summed E-state index contributed by atoms with van der Waals surface area (Å²) in [5.41, 5.74) is 3.48. The molecule has 1 saturated heterocycles. The molecule has 2 aromatic rings. The van der Waals surface area contributed by atoms with Crippen LogP contribution in [-0.4, -0.2) is 44.8 Å². The van der Waals surface area contributed by atoms with E-state index in [1.165, 1.54) is 0 Å². The first kappa shape index (κ1) is 19.1. The lowest BCUT2D eigenvalue weighted by Gasteiger charge is -2.18. The van der Waals surface area contributed by atoms with Crippen LogP contribution in [-0.2, 0) is 11.3 Å². The van der Waals surface area contributed by atoms with Crippen LogP contribution in [0, 0.1) is 12.8 Å². The number of carboxylic acids is 1. The highest BCUT2D eigenvalue weighted by Crippen LogP contribution is 2.35. The van der Waals surface area contributed by atoms with Gasteiger partial charge in [0, 0.05) is 25.6 Å². The summed E-state index contributed by atoms with van der Waals surface area (Å²) in [6, 6.07) is 9.66. The molecule has 1 N–H and O–H groups in total. The average molecular weight is 369 g/mol. The number of benzene rings is 1. The van der Waals surface area contributed by atoms with Crippen LogP contribution in [0.15, 0.2) is 30.3 Å². The largest absolute Gasteiger partial charge is 0.481 e. The molecule has 0 radical (unpaired) electrons. The van der Waals surface area contributed by atoms with Gasteiger partial charge in [-0.25, -0.2) is 0 Å². The molecule has 1 aliphatic rings. The van der Waals surface area contributed by atoms with Gasteiger partial charge in [0.15, 0.2) is 0 Å². The van der Waals surface area contributed by atoms with E-state index >= 15 is 0 Å². The van der Waals surface area contributed by atoms with Crippen molar-refractivity contribution in [1.82, 2.24) is 14.7 Å². The van der Waals surface area contributed by atoms with Crippen LogP contribution in [0.4, 0.5) is 0 Å². The second-order valence-corrected chi connectivity index (χ2v) is 7.54. The third-order valence-corrected chi connectivity index (χ3v) is 5.42. The zero-order valence-corrected chi connectivity index (χ0v) is 16.3. The molecule has 1 aromatic heterocycles. The quantitative estimate of drug-likeness (QED) is 0.878. The Morgan fingerprint density at radius 3 is 2.56 bits per heavy atom. The second-order valence-electron chi connectivity index (χ2n) is 7.54. The number of aryl methyl sites for hydroxylation is 2. The van der Waals surface area contributed by atoms with Gasteiger partial charge in [-0.2, -0.15) is 5.10 Å². The van der Waals surface area contributed by atoms with E-state index in [-0.39, 0.29) is 24.3 Å². The number of hydrogen-bond acceptors (Lipinski definition) is 3. The molecule has 2 unspecified atom stereocenters. The molecule has 0 aliphatic carbocycles. The zero-order chi connectivity index (χ0) is 19.7. The highest BCUT2D eigenvalue weighted by molar-refractivity contribution is 5.93. The van der Waals surface area contributed by atoms with Crippen molar-refractivity contribution in [3.8, 4) is 0 Å². The Balaban J connectivity index is 1.91. The van der Waals surface area contributed by atoms with Gasteiger partial charge in [0.1, 0.15) is 5.69 Å². The lowest BCUT2D eigenvalue weighted by molar-refractivity contribution is -0.141. The Hall–Kier alpha value is -2.63. The molecular formula is C21H27N3O3. The van der Waals surface area contributed by atoms with Gasteiger partial charge in [-0.3, -0.25) is 14.3 Å². The van der Waals surface area contributed by atoms with Crippen LogP contribution >= 0.6 is 0 Å². The van der Waals surface area contributed by atoms with E-state index < -0.39 is 11.9 Å². The molecule has 144 valence electrons. The molecule has 2 heterocycles. The highest BCUT2D eigenvalue weighted by Gasteiger charge is 2.41. The predicted molar refractivity (Wildman–Crippen MR) is 103 cm³/mol. The van der Waals surface area contributed by atoms with Crippen molar-refractivity contribution in [1.29, 1.82) is 0 Å². The molecular weight excluding hydrogens is 342 g/mol. The molecule has 2 atom stereocenters. The van der Waals surface area contributed by atoms with E-state index in [0.29, 0.717) is 18.8 Å². The standard InChI is InChI=1S/C21H27N3O3/c1-5-24-19(10-18(22-24)13(2)3)20(25)23-11-16(17(12-23)21(26)27)15-9-7-6-8-14(15)4/h6-10,13,16-17H,5,11-12H2,1-4H3,(H,26,27). The van der Waals surface area contributed by atoms with Gasteiger partial charge in [0.2, 0.25) is 0 Å². The lowest BCUT2D eigenvalue weighted by Crippen LogP contribution is -2.31. The number of carbonyl (C=O) groups is 2. The topological polar surface area (TPSA) is 75.4 Å². The number of carbonyl (C=O) groups excluding carboxylic acids is 1. The SMILES string of the molecule is CCn1nc(C(C)C)cc1C(=O)N1CC(C(=O)O)C(c2ccccc2C)C1. The maximum absolute atomic E-state index is 13.2. The number of rotatable bonds is 5. The van der Waals surface area contributed by atoms with Crippen LogP contribution in [0.5, 0.6) is 0 Å². The number of carboxylic acid groups (broad SMARTS) is 1. The number of likely N-dealkylation sites (tertiary alicyclic amines) is 1. The van der Waals surface area contributed by atoms with Crippen LogP contribution in [0.1, 0.15) is 59.9 Å². The van der Waals surface area contributed by atoms with E-state index in [2.05, 4.69) is 5.10 Å². The first-order valence-electron chi connectivity index (χ1n) is 9.48. The van der Waals surface area contributed by atoms with E-state index in [0.717, 1.165) is 16.8 Å². The maximum Gasteiger partial charge on any atom is 0.308 e. The lowest BCUT2D eigenvalue weighted by atomic mass is 9.86. The van der Waals surface area contributed by atoms with Gasteiger partial charge in [0.25, 0.3) is 5.91 Å². The third kappa shape index (κ3) is 3.61. The Kier molecular flexibility index (Phi) is 5.35. The summed E-state index contributed by atoms with van der Waals surface area (Å²) in [6.07, 6.45) is 0. The molecule has 3 rings (SSSR count). The smallest absolute Gasteiger partial charge is 0.308 e. The van der Waals surface area contributed by atoms with Crippen LogP contribution in [0.3, 0.4) is 0 Å². The molecule has 0 bridgehead atoms. The Morgan fingerprint density at radius 1 is 1.26 bits per heavy atom. The van der Waals surface area contributed by atoms with Crippen LogP contribution in [0.2, 0.25) is 0 Å². The summed E-state index contributed by atoms with van der Waals surface area (Å²) in [7, 11) is 0. The third-order valence-electron chi connectivity index (χ3n) is 5.42. The van der Waals surface area contributed by atoms with E-state index in [9.17, 15) is 14.7 Å². The van der Waals surface area contributed by atoms with Crippen LogP contribution < -0.4 is 0 Å². The number of aromatic nitrogens is 2. The maximum atomic E-state index is 13.2. The molecule has 6 heteroatoms. The molecule has 6 nitrogen and oxygen atoms in total.